The van der Waals surface area contributed by atoms with Crippen LogP contribution in [0.5, 0.6) is 0 Å². The molecule has 0 saturated carbocycles. The maximum absolute atomic E-state index is 12.9. The van der Waals surface area contributed by atoms with Crippen LogP contribution in [-0.4, -0.2) is 33.5 Å². The highest BCUT2D eigenvalue weighted by atomic mass is 19.1. The number of rotatable bonds is 6. The predicted molar refractivity (Wildman–Crippen MR) is 81.1 cm³/mol. The van der Waals surface area contributed by atoms with Gasteiger partial charge in [0, 0.05) is 12.6 Å². The van der Waals surface area contributed by atoms with Crippen molar-refractivity contribution in [3.63, 3.8) is 0 Å². The van der Waals surface area contributed by atoms with Crippen molar-refractivity contribution in [1.82, 2.24) is 20.3 Å². The van der Waals surface area contributed by atoms with Gasteiger partial charge in [-0.25, -0.2) is 4.39 Å². The van der Waals surface area contributed by atoms with Crippen LogP contribution in [0.1, 0.15) is 30.8 Å². The number of nitrogens with zero attached hydrogens (tertiary/aromatic N) is 3. The molecule has 1 unspecified atom stereocenters. The van der Waals surface area contributed by atoms with Crippen molar-refractivity contribution < 1.29 is 9.18 Å². The van der Waals surface area contributed by atoms with Gasteiger partial charge in [-0.3, -0.25) is 4.79 Å². The Morgan fingerprint density at radius 3 is 2.64 bits per heavy atom. The van der Waals surface area contributed by atoms with Crippen molar-refractivity contribution in [2.75, 3.05) is 6.54 Å². The van der Waals surface area contributed by atoms with Gasteiger partial charge in [0.15, 0.2) is 5.69 Å². The lowest BCUT2D eigenvalue weighted by molar-refractivity contribution is 0.0928. The van der Waals surface area contributed by atoms with Crippen LogP contribution in [0.3, 0.4) is 0 Å². The number of aromatic nitrogens is 3. The lowest BCUT2D eigenvalue weighted by Gasteiger charge is -2.17. The smallest absolute Gasteiger partial charge is 0.273 e. The molecule has 0 bridgehead atoms. The van der Waals surface area contributed by atoms with Gasteiger partial charge in [0.2, 0.25) is 0 Å². The minimum Gasteiger partial charge on any atom is -0.347 e. The predicted octanol–water partition coefficient (Wildman–Crippen LogP) is 1.51. The molecule has 0 spiro atoms. The van der Waals surface area contributed by atoms with Crippen LogP contribution in [0.4, 0.5) is 4.39 Å². The molecule has 1 aromatic carbocycles. The average molecular weight is 305 g/mol. The van der Waals surface area contributed by atoms with Crippen LogP contribution < -0.4 is 11.1 Å². The van der Waals surface area contributed by atoms with Crippen molar-refractivity contribution in [3.05, 3.63) is 42.0 Å². The van der Waals surface area contributed by atoms with E-state index in [1.54, 1.807) is 12.1 Å². The van der Waals surface area contributed by atoms with Crippen LogP contribution >= 0.6 is 0 Å². The van der Waals surface area contributed by atoms with Crippen molar-refractivity contribution in [3.8, 4) is 5.69 Å². The van der Waals surface area contributed by atoms with Crippen LogP contribution in [0.15, 0.2) is 30.5 Å². The van der Waals surface area contributed by atoms with E-state index < -0.39 is 0 Å². The third-order valence-corrected chi connectivity index (χ3v) is 3.16. The van der Waals surface area contributed by atoms with E-state index in [0.29, 0.717) is 18.2 Å². The number of carbonyl (C=O) groups excluding carboxylic acids is 1. The number of nitrogens with one attached hydrogen (secondary N) is 1. The van der Waals surface area contributed by atoms with Gasteiger partial charge in [-0.15, -0.1) is 5.10 Å². The highest BCUT2D eigenvalue weighted by molar-refractivity contribution is 5.92. The Bertz CT molecular complexity index is 623. The molecule has 22 heavy (non-hydrogen) atoms. The second-order valence-electron chi connectivity index (χ2n) is 5.53. The molecule has 1 aromatic heterocycles. The van der Waals surface area contributed by atoms with E-state index in [1.165, 1.54) is 23.1 Å². The summed E-state index contributed by atoms with van der Waals surface area (Å²) < 4.78 is 12.9. The fourth-order valence-electron chi connectivity index (χ4n) is 2.11. The lowest BCUT2D eigenvalue weighted by atomic mass is 10.0. The summed E-state index contributed by atoms with van der Waals surface area (Å²) in [5.41, 5.74) is 6.45. The Hall–Kier alpha value is -2.28. The molecule has 0 aliphatic rings. The Labute approximate surface area is 128 Å². The van der Waals surface area contributed by atoms with Gasteiger partial charge in [0.05, 0.1) is 11.9 Å². The summed E-state index contributed by atoms with van der Waals surface area (Å²) >= 11 is 0. The van der Waals surface area contributed by atoms with Crippen LogP contribution in [0.2, 0.25) is 0 Å². The average Bonchev–Trinajstić information content (AvgIpc) is 2.96. The third kappa shape index (κ3) is 4.11. The maximum Gasteiger partial charge on any atom is 0.273 e. The molecule has 118 valence electrons. The third-order valence-electron chi connectivity index (χ3n) is 3.16. The summed E-state index contributed by atoms with van der Waals surface area (Å²) in [5, 5.41) is 11.0. The SMILES string of the molecule is CC(C)CC(CN)NC(=O)c1cnn(-c2ccc(F)cc2)n1. The number of halogens is 1. The minimum absolute atomic E-state index is 0.0940. The fourth-order valence-corrected chi connectivity index (χ4v) is 2.11. The second kappa shape index (κ2) is 7.13. The van der Waals surface area contributed by atoms with E-state index in [2.05, 4.69) is 29.4 Å². The van der Waals surface area contributed by atoms with Crippen LogP contribution in [-0.2, 0) is 0 Å². The van der Waals surface area contributed by atoms with Crippen LogP contribution in [0.25, 0.3) is 5.69 Å². The maximum atomic E-state index is 12.9. The number of amides is 1. The standard InChI is InChI=1S/C15H20FN5O/c1-10(2)7-12(8-17)19-15(22)14-9-18-21(20-14)13-5-3-11(16)4-6-13/h3-6,9-10,12H,7-8,17H2,1-2H3,(H,19,22). The molecule has 0 aliphatic heterocycles. The van der Waals surface area contributed by atoms with Crippen molar-refractivity contribution in [2.24, 2.45) is 11.7 Å². The first kappa shape index (κ1) is 16.1. The van der Waals surface area contributed by atoms with Crippen molar-refractivity contribution in [1.29, 1.82) is 0 Å². The summed E-state index contributed by atoms with van der Waals surface area (Å²) in [4.78, 5) is 13.4. The molecular formula is C15H20FN5O. The Balaban J connectivity index is 2.07. The summed E-state index contributed by atoms with van der Waals surface area (Å²) in [5.74, 6) is -0.221. The van der Waals surface area contributed by atoms with Gasteiger partial charge < -0.3 is 11.1 Å². The van der Waals surface area contributed by atoms with E-state index in [9.17, 15) is 9.18 Å². The lowest BCUT2D eigenvalue weighted by Crippen LogP contribution is -2.41. The monoisotopic (exact) mass is 305 g/mol. The molecule has 0 saturated heterocycles. The summed E-state index contributed by atoms with van der Waals surface area (Å²) in [6.07, 6.45) is 2.18. The number of hydrogen-bond donors (Lipinski definition) is 2. The topological polar surface area (TPSA) is 85.8 Å². The van der Waals surface area contributed by atoms with Gasteiger partial charge in [-0.2, -0.15) is 9.90 Å². The molecule has 7 heteroatoms. The Kier molecular flexibility index (Phi) is 5.21. The van der Waals surface area contributed by atoms with Gasteiger partial charge in [-0.05, 0) is 36.6 Å². The zero-order valence-electron chi connectivity index (χ0n) is 12.7. The van der Waals surface area contributed by atoms with Gasteiger partial charge in [0.25, 0.3) is 5.91 Å². The van der Waals surface area contributed by atoms with Crippen molar-refractivity contribution in [2.45, 2.75) is 26.3 Å². The van der Waals surface area contributed by atoms with Crippen LogP contribution in [0, 0.1) is 11.7 Å². The van der Waals surface area contributed by atoms with E-state index in [0.717, 1.165) is 6.42 Å². The largest absolute Gasteiger partial charge is 0.347 e. The molecule has 1 amide bonds. The fraction of sp³-hybridized carbons (Fsp3) is 0.400. The second-order valence-corrected chi connectivity index (χ2v) is 5.53. The zero-order chi connectivity index (χ0) is 16.1. The van der Waals surface area contributed by atoms with Crippen molar-refractivity contribution >= 4 is 5.91 Å². The number of carbonyl (C=O) groups is 1. The molecule has 0 fully saturated rings. The molecule has 2 aromatic rings. The first-order valence-electron chi connectivity index (χ1n) is 7.18. The molecule has 6 nitrogen and oxygen atoms in total. The first-order chi connectivity index (χ1) is 10.5. The summed E-state index contributed by atoms with van der Waals surface area (Å²) in [6.45, 7) is 4.51. The molecule has 1 atom stereocenters. The molecular weight excluding hydrogens is 285 g/mol. The van der Waals surface area contributed by atoms with Gasteiger partial charge >= 0.3 is 0 Å². The van der Waals surface area contributed by atoms with E-state index in [-0.39, 0.29) is 23.5 Å². The van der Waals surface area contributed by atoms with E-state index >= 15 is 0 Å². The summed E-state index contributed by atoms with van der Waals surface area (Å²) in [7, 11) is 0. The molecule has 1 heterocycles. The van der Waals surface area contributed by atoms with Gasteiger partial charge in [0.1, 0.15) is 5.82 Å². The number of benzene rings is 1. The van der Waals surface area contributed by atoms with E-state index in [4.69, 9.17) is 5.73 Å². The highest BCUT2D eigenvalue weighted by Crippen LogP contribution is 2.08. The summed E-state index contributed by atoms with van der Waals surface area (Å²) in [6, 6.07) is 5.61. The zero-order valence-corrected chi connectivity index (χ0v) is 12.7. The molecule has 0 radical (unpaired) electrons. The molecule has 0 aliphatic carbocycles. The first-order valence-corrected chi connectivity index (χ1v) is 7.18. The molecule has 3 N–H and O–H groups in total. The van der Waals surface area contributed by atoms with E-state index in [1.807, 2.05) is 0 Å². The quantitative estimate of drug-likeness (QED) is 0.847. The van der Waals surface area contributed by atoms with Gasteiger partial charge in [-0.1, -0.05) is 13.8 Å². The molecule has 2 rings (SSSR count). The Morgan fingerprint density at radius 2 is 2.05 bits per heavy atom. The Morgan fingerprint density at radius 1 is 1.36 bits per heavy atom. The minimum atomic E-state index is -0.339. The highest BCUT2D eigenvalue weighted by Gasteiger charge is 2.16. The number of nitrogens with two attached hydrogens (primary N) is 1. The normalized spacial score (nSPS) is 12.4. The number of hydrogen-bond acceptors (Lipinski definition) is 4.